The maximum atomic E-state index is 12.4. The van der Waals surface area contributed by atoms with Crippen LogP contribution in [0.5, 0.6) is 5.75 Å². The van der Waals surface area contributed by atoms with E-state index in [0.717, 1.165) is 28.0 Å². The molecular weight excluding hydrogens is 366 g/mol. The molecule has 0 unspecified atom stereocenters. The van der Waals surface area contributed by atoms with Gasteiger partial charge in [-0.1, -0.05) is 22.0 Å². The average Bonchev–Trinajstić information content (AvgIpc) is 2.52. The Kier molecular flexibility index (Phi) is 4.36. The molecule has 0 radical (unpaired) electrons. The van der Waals surface area contributed by atoms with E-state index < -0.39 is 0 Å². The van der Waals surface area contributed by atoms with E-state index in [4.69, 9.17) is 4.74 Å². The Labute approximate surface area is 152 Å². The smallest absolute Gasteiger partial charge is 0.258 e. The van der Waals surface area contributed by atoms with Crippen LogP contribution in [0.3, 0.4) is 0 Å². The van der Waals surface area contributed by atoms with Crippen LogP contribution in [0.4, 0.5) is 0 Å². The molecule has 4 saturated carbocycles. The van der Waals surface area contributed by atoms with E-state index in [1.165, 1.54) is 38.5 Å². The second-order valence-electron chi connectivity index (χ2n) is 8.32. The van der Waals surface area contributed by atoms with Crippen LogP contribution in [0.25, 0.3) is 0 Å². The Morgan fingerprint density at radius 1 is 1.25 bits per heavy atom. The molecular formula is C20H26BrNO2. The van der Waals surface area contributed by atoms with Crippen LogP contribution in [-0.4, -0.2) is 18.6 Å². The summed E-state index contributed by atoms with van der Waals surface area (Å²) in [6.07, 6.45) is 8.25. The van der Waals surface area contributed by atoms with Crippen molar-refractivity contribution in [2.24, 2.45) is 23.2 Å². The van der Waals surface area contributed by atoms with Crippen LogP contribution < -0.4 is 10.1 Å². The summed E-state index contributed by atoms with van der Waals surface area (Å²) in [6.45, 7) is 2.30. The standard InChI is InChI=1S/C20H26BrNO2/c1-13(20-9-14-5-15(10-20)7-16(6-14)11-20)22-19(23)12-24-18-4-2-3-17(21)8-18/h2-4,8,13-16H,5-7,9-12H2,1H3,(H,22,23)/t13-,14?,15?,16?,20?/m1/s1. The van der Waals surface area contributed by atoms with Crippen LogP contribution in [-0.2, 0) is 4.79 Å². The van der Waals surface area contributed by atoms with E-state index in [0.29, 0.717) is 5.41 Å². The summed E-state index contributed by atoms with van der Waals surface area (Å²) in [4.78, 5) is 12.4. The zero-order valence-electron chi connectivity index (χ0n) is 14.3. The van der Waals surface area contributed by atoms with Crippen molar-refractivity contribution in [2.45, 2.75) is 51.5 Å². The van der Waals surface area contributed by atoms with Crippen molar-refractivity contribution in [2.75, 3.05) is 6.61 Å². The highest BCUT2D eigenvalue weighted by molar-refractivity contribution is 9.10. The predicted octanol–water partition coefficient (Wildman–Crippen LogP) is 4.55. The van der Waals surface area contributed by atoms with E-state index in [2.05, 4.69) is 28.2 Å². The van der Waals surface area contributed by atoms with Crippen molar-refractivity contribution < 1.29 is 9.53 Å². The van der Waals surface area contributed by atoms with Gasteiger partial charge in [-0.15, -0.1) is 0 Å². The number of halogens is 1. The molecule has 0 spiro atoms. The summed E-state index contributed by atoms with van der Waals surface area (Å²) in [5, 5.41) is 3.25. The van der Waals surface area contributed by atoms with Crippen LogP contribution in [0.1, 0.15) is 45.4 Å². The Hall–Kier alpha value is -1.03. The molecule has 3 nitrogen and oxygen atoms in total. The molecule has 1 aromatic rings. The minimum Gasteiger partial charge on any atom is -0.484 e. The number of rotatable bonds is 5. The summed E-state index contributed by atoms with van der Waals surface area (Å²) in [5.74, 6) is 3.45. The third-order valence-corrected chi connectivity index (χ3v) is 7.04. The van der Waals surface area contributed by atoms with Crippen molar-refractivity contribution in [1.29, 1.82) is 0 Å². The van der Waals surface area contributed by atoms with E-state index >= 15 is 0 Å². The molecule has 1 N–H and O–H groups in total. The van der Waals surface area contributed by atoms with Gasteiger partial charge in [0.2, 0.25) is 0 Å². The van der Waals surface area contributed by atoms with Gasteiger partial charge in [-0.2, -0.15) is 0 Å². The van der Waals surface area contributed by atoms with Crippen LogP contribution in [0, 0.1) is 23.2 Å². The molecule has 4 heteroatoms. The third-order valence-electron chi connectivity index (χ3n) is 6.55. The van der Waals surface area contributed by atoms with E-state index in [1.54, 1.807) is 0 Å². The van der Waals surface area contributed by atoms with Crippen LogP contribution in [0.15, 0.2) is 28.7 Å². The minimum atomic E-state index is -0.00165. The Morgan fingerprint density at radius 2 is 1.88 bits per heavy atom. The zero-order chi connectivity index (χ0) is 16.7. The maximum Gasteiger partial charge on any atom is 0.258 e. The highest BCUT2D eigenvalue weighted by atomic mass is 79.9. The summed E-state index contributed by atoms with van der Waals surface area (Å²) >= 11 is 3.42. The van der Waals surface area contributed by atoms with Crippen molar-refractivity contribution >= 4 is 21.8 Å². The van der Waals surface area contributed by atoms with Gasteiger partial charge in [0.05, 0.1) is 0 Å². The largest absolute Gasteiger partial charge is 0.484 e. The summed E-state index contributed by atoms with van der Waals surface area (Å²) in [7, 11) is 0. The first-order valence-corrected chi connectivity index (χ1v) is 9.99. The number of amides is 1. The molecule has 0 saturated heterocycles. The van der Waals surface area contributed by atoms with Crippen molar-refractivity contribution in [3.05, 3.63) is 28.7 Å². The van der Waals surface area contributed by atoms with Crippen molar-refractivity contribution in [3.8, 4) is 5.75 Å². The molecule has 0 aliphatic heterocycles. The molecule has 0 aromatic heterocycles. The fourth-order valence-electron chi connectivity index (χ4n) is 5.85. The maximum absolute atomic E-state index is 12.4. The molecule has 4 bridgehead atoms. The normalized spacial score (nSPS) is 34.8. The van der Waals surface area contributed by atoms with E-state index in [9.17, 15) is 4.79 Å². The lowest BCUT2D eigenvalue weighted by Gasteiger charge is -2.59. The monoisotopic (exact) mass is 391 g/mol. The second-order valence-corrected chi connectivity index (χ2v) is 9.23. The summed E-state index contributed by atoms with van der Waals surface area (Å²) in [6, 6.07) is 7.87. The fourth-order valence-corrected chi connectivity index (χ4v) is 6.23. The first kappa shape index (κ1) is 16.4. The number of hydrogen-bond acceptors (Lipinski definition) is 2. The number of ether oxygens (including phenoxy) is 1. The number of carbonyl (C=O) groups is 1. The summed E-state index contributed by atoms with van der Waals surface area (Å²) < 4.78 is 6.59. The van der Waals surface area contributed by atoms with Gasteiger partial charge in [-0.05, 0) is 86.8 Å². The lowest BCUT2D eigenvalue weighted by atomic mass is 9.48. The molecule has 1 atom stereocenters. The predicted molar refractivity (Wildman–Crippen MR) is 97.8 cm³/mol. The van der Waals surface area contributed by atoms with E-state index in [-0.39, 0.29) is 18.6 Å². The van der Waals surface area contributed by atoms with Gasteiger partial charge >= 0.3 is 0 Å². The number of nitrogens with one attached hydrogen (secondary N) is 1. The number of benzene rings is 1. The summed E-state index contributed by atoms with van der Waals surface area (Å²) in [5.41, 5.74) is 0.347. The molecule has 5 rings (SSSR count). The minimum absolute atomic E-state index is 0.00165. The molecule has 4 aliphatic rings. The number of carbonyl (C=O) groups excluding carboxylic acids is 1. The number of hydrogen-bond donors (Lipinski definition) is 1. The highest BCUT2D eigenvalue weighted by Gasteiger charge is 2.53. The van der Waals surface area contributed by atoms with Crippen LogP contribution in [0.2, 0.25) is 0 Å². The third kappa shape index (κ3) is 3.22. The molecule has 24 heavy (non-hydrogen) atoms. The van der Waals surface area contributed by atoms with Gasteiger partial charge < -0.3 is 10.1 Å². The van der Waals surface area contributed by atoms with Gasteiger partial charge in [-0.3, -0.25) is 4.79 Å². The zero-order valence-corrected chi connectivity index (χ0v) is 15.8. The topological polar surface area (TPSA) is 38.3 Å². The van der Waals surface area contributed by atoms with Gasteiger partial charge in [-0.25, -0.2) is 0 Å². The van der Waals surface area contributed by atoms with Gasteiger partial charge in [0.25, 0.3) is 5.91 Å². The van der Waals surface area contributed by atoms with Gasteiger partial charge in [0.15, 0.2) is 6.61 Å². The second kappa shape index (κ2) is 6.36. The molecule has 1 aromatic carbocycles. The Balaban J connectivity index is 1.34. The lowest BCUT2D eigenvalue weighted by Crippen LogP contribution is -2.56. The first-order valence-electron chi connectivity index (χ1n) is 9.20. The molecule has 130 valence electrons. The molecule has 4 fully saturated rings. The fraction of sp³-hybridized carbons (Fsp3) is 0.650. The quantitative estimate of drug-likeness (QED) is 0.799. The van der Waals surface area contributed by atoms with Crippen LogP contribution >= 0.6 is 15.9 Å². The Morgan fingerprint density at radius 3 is 2.46 bits per heavy atom. The van der Waals surface area contributed by atoms with E-state index in [1.807, 2.05) is 24.3 Å². The van der Waals surface area contributed by atoms with Gasteiger partial charge in [0, 0.05) is 10.5 Å². The highest BCUT2D eigenvalue weighted by Crippen LogP contribution is 2.61. The molecule has 1 amide bonds. The lowest BCUT2D eigenvalue weighted by molar-refractivity contribution is -0.127. The van der Waals surface area contributed by atoms with Gasteiger partial charge in [0.1, 0.15) is 5.75 Å². The SMILES string of the molecule is C[C@@H](NC(=O)COc1cccc(Br)c1)C12CC3CC(CC(C3)C1)C2. The first-order chi connectivity index (χ1) is 11.5. The average molecular weight is 392 g/mol. The van der Waals surface area contributed by atoms with Crippen molar-refractivity contribution in [1.82, 2.24) is 5.32 Å². The van der Waals surface area contributed by atoms with Crippen molar-refractivity contribution in [3.63, 3.8) is 0 Å². The molecule has 0 heterocycles. The molecule has 4 aliphatic carbocycles. The Bertz CT molecular complexity index is 595.